The van der Waals surface area contributed by atoms with Gasteiger partial charge in [0.2, 0.25) is 5.91 Å². The average Bonchev–Trinajstić information content (AvgIpc) is 2.78. The summed E-state index contributed by atoms with van der Waals surface area (Å²) in [6.45, 7) is 5.71. The minimum Gasteiger partial charge on any atom is -0.324 e. The molecule has 1 aromatic heterocycles. The third-order valence-electron chi connectivity index (χ3n) is 3.98. The van der Waals surface area contributed by atoms with E-state index in [1.165, 1.54) is 22.8 Å². The van der Waals surface area contributed by atoms with Crippen molar-refractivity contribution in [2.45, 2.75) is 27.3 Å². The fourth-order valence-corrected chi connectivity index (χ4v) is 2.99. The number of rotatable bonds is 3. The zero-order valence-corrected chi connectivity index (χ0v) is 13.7. The summed E-state index contributed by atoms with van der Waals surface area (Å²) in [6.07, 6.45) is 0. The molecule has 0 bridgehead atoms. The lowest BCUT2D eigenvalue weighted by Crippen LogP contribution is -2.26. The summed E-state index contributed by atoms with van der Waals surface area (Å²) in [5.41, 5.74) is 4.23. The van der Waals surface area contributed by atoms with Gasteiger partial charge in [-0.15, -0.1) is 0 Å². The van der Waals surface area contributed by atoms with Crippen LogP contribution in [0.15, 0.2) is 35.1 Å². The van der Waals surface area contributed by atoms with Gasteiger partial charge in [0.15, 0.2) is 0 Å². The molecule has 0 saturated carbocycles. The lowest BCUT2D eigenvalue weighted by atomic mass is 10.1. The first kappa shape index (κ1) is 16.0. The van der Waals surface area contributed by atoms with Crippen LogP contribution in [-0.2, 0) is 11.3 Å². The molecule has 124 valence electrons. The highest BCUT2D eigenvalue weighted by Gasteiger charge is 2.13. The molecule has 0 atom stereocenters. The molecule has 0 aliphatic rings. The second-order valence-corrected chi connectivity index (χ2v) is 6.00. The van der Waals surface area contributed by atoms with E-state index in [9.17, 15) is 14.0 Å². The van der Waals surface area contributed by atoms with Crippen molar-refractivity contribution in [2.75, 3.05) is 5.32 Å². The number of halogens is 1. The maximum absolute atomic E-state index is 13.2. The third kappa shape index (κ3) is 2.95. The fourth-order valence-electron chi connectivity index (χ4n) is 2.99. The van der Waals surface area contributed by atoms with E-state index in [0.717, 1.165) is 22.4 Å². The van der Waals surface area contributed by atoms with Gasteiger partial charge in [0.05, 0.1) is 11.0 Å². The Bertz CT molecular complexity index is 978. The van der Waals surface area contributed by atoms with Gasteiger partial charge in [-0.1, -0.05) is 17.7 Å². The van der Waals surface area contributed by atoms with Gasteiger partial charge >= 0.3 is 5.69 Å². The van der Waals surface area contributed by atoms with Gasteiger partial charge in [-0.25, -0.2) is 9.18 Å². The largest absolute Gasteiger partial charge is 0.326 e. The van der Waals surface area contributed by atoms with Crippen LogP contribution in [0.4, 0.5) is 10.1 Å². The second kappa shape index (κ2) is 5.96. The highest BCUT2D eigenvalue weighted by Crippen LogP contribution is 2.22. The number of benzene rings is 2. The first-order valence-electron chi connectivity index (χ1n) is 7.61. The van der Waals surface area contributed by atoms with E-state index in [0.29, 0.717) is 11.0 Å². The number of fused-ring (bicyclic) bond motifs is 1. The number of nitrogens with one attached hydrogen (secondary N) is 2. The monoisotopic (exact) mass is 327 g/mol. The Morgan fingerprint density at radius 3 is 2.50 bits per heavy atom. The molecule has 0 saturated heterocycles. The lowest BCUT2D eigenvalue weighted by Gasteiger charge is -2.13. The Kier molecular flexibility index (Phi) is 3.97. The van der Waals surface area contributed by atoms with Gasteiger partial charge < -0.3 is 10.3 Å². The summed E-state index contributed by atoms with van der Waals surface area (Å²) in [5.74, 6) is -0.747. The molecule has 0 fully saturated rings. The average molecular weight is 327 g/mol. The molecule has 0 unspecified atom stereocenters. The molecule has 0 aliphatic heterocycles. The number of aromatic nitrogens is 2. The van der Waals surface area contributed by atoms with E-state index in [-0.39, 0.29) is 12.5 Å². The Morgan fingerprint density at radius 1 is 1.17 bits per heavy atom. The molecule has 5 nitrogen and oxygen atoms in total. The molecule has 24 heavy (non-hydrogen) atoms. The van der Waals surface area contributed by atoms with Crippen LogP contribution >= 0.6 is 0 Å². The Hall–Kier alpha value is -2.89. The van der Waals surface area contributed by atoms with Gasteiger partial charge in [-0.2, -0.15) is 0 Å². The van der Waals surface area contributed by atoms with Gasteiger partial charge in [0.1, 0.15) is 12.4 Å². The molecule has 1 heterocycles. The number of H-pyrrole nitrogens is 1. The molecular formula is C18H18FN3O2. The molecule has 6 heteroatoms. The molecule has 1 amide bonds. The van der Waals surface area contributed by atoms with Crippen molar-refractivity contribution in [3.05, 3.63) is 63.3 Å². The molecule has 3 rings (SSSR count). The summed E-state index contributed by atoms with van der Waals surface area (Å²) in [5, 5.41) is 2.86. The number of nitrogens with zero attached hydrogens (tertiary/aromatic N) is 1. The van der Waals surface area contributed by atoms with Gasteiger partial charge in [-0.3, -0.25) is 9.36 Å². The Balaban J connectivity index is 1.89. The van der Waals surface area contributed by atoms with Crippen molar-refractivity contribution in [3.63, 3.8) is 0 Å². The Labute approximate surface area is 138 Å². The smallest absolute Gasteiger partial charge is 0.324 e. The normalized spacial score (nSPS) is 11.0. The van der Waals surface area contributed by atoms with Crippen molar-refractivity contribution < 1.29 is 9.18 Å². The first-order valence-corrected chi connectivity index (χ1v) is 7.61. The first-order chi connectivity index (χ1) is 11.3. The topological polar surface area (TPSA) is 66.9 Å². The third-order valence-corrected chi connectivity index (χ3v) is 3.98. The van der Waals surface area contributed by atoms with Crippen LogP contribution in [0.5, 0.6) is 0 Å². The zero-order valence-electron chi connectivity index (χ0n) is 13.7. The summed E-state index contributed by atoms with van der Waals surface area (Å²) in [4.78, 5) is 26.9. The molecule has 2 N–H and O–H groups in total. The minimum atomic E-state index is -0.442. The highest BCUT2D eigenvalue weighted by molar-refractivity contribution is 5.93. The minimum absolute atomic E-state index is 0.142. The number of amides is 1. The van der Waals surface area contributed by atoms with Crippen LogP contribution in [0.1, 0.15) is 16.7 Å². The number of anilines is 1. The summed E-state index contributed by atoms with van der Waals surface area (Å²) < 4.78 is 14.5. The lowest BCUT2D eigenvalue weighted by molar-refractivity contribution is -0.116. The van der Waals surface area contributed by atoms with E-state index in [1.807, 2.05) is 32.9 Å². The zero-order chi connectivity index (χ0) is 17.4. The molecule has 0 aliphatic carbocycles. The van der Waals surface area contributed by atoms with Crippen molar-refractivity contribution in [1.29, 1.82) is 0 Å². The van der Waals surface area contributed by atoms with Gasteiger partial charge in [-0.05, 0) is 50.1 Å². The molecule has 0 radical (unpaired) electrons. The maximum atomic E-state index is 13.2. The van der Waals surface area contributed by atoms with E-state index in [1.54, 1.807) is 0 Å². The van der Waals surface area contributed by atoms with E-state index in [4.69, 9.17) is 0 Å². The van der Waals surface area contributed by atoms with Crippen LogP contribution < -0.4 is 11.0 Å². The van der Waals surface area contributed by atoms with E-state index < -0.39 is 11.5 Å². The van der Waals surface area contributed by atoms with Crippen molar-refractivity contribution >= 4 is 22.6 Å². The van der Waals surface area contributed by atoms with Crippen molar-refractivity contribution in [2.24, 2.45) is 0 Å². The second-order valence-electron chi connectivity index (χ2n) is 6.00. The highest BCUT2D eigenvalue weighted by atomic mass is 19.1. The predicted octanol–water partition coefficient (Wildman–Crippen LogP) is 3.03. The summed E-state index contributed by atoms with van der Waals surface area (Å²) in [7, 11) is 0. The quantitative estimate of drug-likeness (QED) is 0.776. The van der Waals surface area contributed by atoms with Crippen LogP contribution in [0.3, 0.4) is 0 Å². The standard InChI is InChI=1S/C18H18FN3O2/c1-10-6-11(2)17(12(3)7-10)21-16(23)9-22-15-5-4-13(19)8-14(15)20-18(22)24/h4-8H,9H2,1-3H3,(H,20,24)(H,21,23). The van der Waals surface area contributed by atoms with Crippen LogP contribution in [0.2, 0.25) is 0 Å². The van der Waals surface area contributed by atoms with Crippen molar-refractivity contribution in [3.8, 4) is 0 Å². The van der Waals surface area contributed by atoms with E-state index >= 15 is 0 Å². The molecular weight excluding hydrogens is 309 g/mol. The van der Waals surface area contributed by atoms with Crippen LogP contribution in [-0.4, -0.2) is 15.5 Å². The van der Waals surface area contributed by atoms with Crippen LogP contribution in [0.25, 0.3) is 11.0 Å². The summed E-state index contributed by atoms with van der Waals surface area (Å²) in [6, 6.07) is 7.96. The number of carbonyl (C=O) groups excluding carboxylic acids is 1. The number of aryl methyl sites for hydroxylation is 3. The number of aromatic amines is 1. The summed E-state index contributed by atoms with van der Waals surface area (Å²) >= 11 is 0. The van der Waals surface area contributed by atoms with Gasteiger partial charge in [0.25, 0.3) is 0 Å². The Morgan fingerprint density at radius 2 is 1.83 bits per heavy atom. The molecule has 0 spiro atoms. The van der Waals surface area contributed by atoms with Gasteiger partial charge in [0, 0.05) is 5.69 Å². The van der Waals surface area contributed by atoms with Crippen LogP contribution in [0, 0.1) is 26.6 Å². The number of carbonyl (C=O) groups is 1. The molecule has 3 aromatic rings. The predicted molar refractivity (Wildman–Crippen MR) is 91.8 cm³/mol. The number of hydrogen-bond donors (Lipinski definition) is 2. The SMILES string of the molecule is Cc1cc(C)c(NC(=O)Cn2c(=O)[nH]c3cc(F)ccc32)c(C)c1. The number of hydrogen-bond acceptors (Lipinski definition) is 2. The number of imidazole rings is 1. The molecule has 2 aromatic carbocycles. The maximum Gasteiger partial charge on any atom is 0.326 e. The van der Waals surface area contributed by atoms with E-state index in [2.05, 4.69) is 10.3 Å². The van der Waals surface area contributed by atoms with Crippen molar-refractivity contribution in [1.82, 2.24) is 9.55 Å². The fraction of sp³-hybridized carbons (Fsp3) is 0.222.